The molecule has 0 saturated heterocycles. The van der Waals surface area contributed by atoms with E-state index in [0.29, 0.717) is 39.5 Å². The van der Waals surface area contributed by atoms with Crippen molar-refractivity contribution in [1.82, 2.24) is 15.0 Å². The molecule has 6 N–H and O–H groups in total. The van der Waals surface area contributed by atoms with Crippen LogP contribution in [0.2, 0.25) is 0 Å². The van der Waals surface area contributed by atoms with Gasteiger partial charge in [-0.25, -0.2) is 9.78 Å². The monoisotopic (exact) mass is 480 g/mol. The van der Waals surface area contributed by atoms with Crippen molar-refractivity contribution in [3.8, 4) is 11.4 Å². The summed E-state index contributed by atoms with van der Waals surface area (Å²) in [6, 6.07) is 25.0. The second kappa shape index (κ2) is 10.2. The fourth-order valence-electron chi connectivity index (χ4n) is 3.92. The number of urea groups is 1. The second-order valence-corrected chi connectivity index (χ2v) is 8.13. The van der Waals surface area contributed by atoms with E-state index in [9.17, 15) is 14.7 Å². The van der Waals surface area contributed by atoms with Gasteiger partial charge in [-0.1, -0.05) is 54.6 Å². The number of carbonyl (C=O) groups excluding carboxylic acids is 1. The van der Waals surface area contributed by atoms with Crippen LogP contribution in [0.25, 0.3) is 22.4 Å². The molecule has 180 valence electrons. The number of nitrogens with zero attached hydrogens (tertiary/aromatic N) is 1. The van der Waals surface area contributed by atoms with E-state index in [-0.39, 0.29) is 12.1 Å². The van der Waals surface area contributed by atoms with Gasteiger partial charge in [-0.05, 0) is 35.9 Å². The van der Waals surface area contributed by atoms with Crippen LogP contribution in [0, 0.1) is 0 Å². The first-order chi connectivity index (χ1) is 17.6. The van der Waals surface area contributed by atoms with Gasteiger partial charge in [0.25, 0.3) is 5.56 Å². The molecule has 0 radical (unpaired) electrons. The Bertz CT molecular complexity index is 1550. The van der Waals surface area contributed by atoms with E-state index in [0.717, 1.165) is 5.56 Å². The molecule has 9 nitrogen and oxygen atoms in total. The smallest absolute Gasteiger partial charge is 0.323 e. The number of anilines is 3. The van der Waals surface area contributed by atoms with Gasteiger partial charge in [0.05, 0.1) is 28.5 Å². The molecule has 5 aromatic rings. The van der Waals surface area contributed by atoms with E-state index in [4.69, 9.17) is 0 Å². The summed E-state index contributed by atoms with van der Waals surface area (Å²) in [5.74, 6) is 0.335. The van der Waals surface area contributed by atoms with Crippen LogP contribution in [0.3, 0.4) is 0 Å². The summed E-state index contributed by atoms with van der Waals surface area (Å²) in [5, 5.41) is 19.3. The van der Waals surface area contributed by atoms with Crippen LogP contribution in [0.4, 0.5) is 21.9 Å². The first-order valence-electron chi connectivity index (χ1n) is 11.4. The summed E-state index contributed by atoms with van der Waals surface area (Å²) in [5.41, 5.74) is 3.58. The third kappa shape index (κ3) is 4.96. The summed E-state index contributed by atoms with van der Waals surface area (Å²) < 4.78 is 0. The zero-order valence-electron chi connectivity index (χ0n) is 19.2. The van der Waals surface area contributed by atoms with E-state index in [1.165, 1.54) is 6.20 Å². The molecule has 2 amide bonds. The van der Waals surface area contributed by atoms with Crippen molar-refractivity contribution in [2.45, 2.75) is 6.10 Å². The van der Waals surface area contributed by atoms with Gasteiger partial charge >= 0.3 is 6.03 Å². The number of benzene rings is 3. The Morgan fingerprint density at radius 1 is 0.889 bits per heavy atom. The topological polar surface area (TPSA) is 135 Å². The van der Waals surface area contributed by atoms with Crippen LogP contribution in [0.1, 0.15) is 11.7 Å². The zero-order valence-corrected chi connectivity index (χ0v) is 19.2. The SMILES string of the molecule is O=C(Nc1ccccc1)Nc1cccc2nc(-c3c(NC[C@@H](O)c4ccccc4)cc[nH]c3=O)[nH]c12. The number of aliphatic hydroxyl groups is 1. The van der Waals surface area contributed by atoms with Crippen LogP contribution in [0.15, 0.2) is 95.9 Å². The molecule has 2 aromatic heterocycles. The standard InChI is InChI=1S/C27H24N6O3/c34-22(17-8-3-1-4-9-17)16-29-19-14-15-28-26(35)23(19)25-31-20-12-7-13-21(24(20)33-25)32-27(36)30-18-10-5-2-6-11-18/h1-15,22,34H,16H2,(H,31,33)(H2,28,29,35)(H2,30,32,36)/t22-/m1/s1. The van der Waals surface area contributed by atoms with Gasteiger partial charge in [-0.2, -0.15) is 0 Å². The molecule has 0 unspecified atom stereocenters. The lowest BCUT2D eigenvalue weighted by molar-refractivity contribution is 0.191. The maximum absolute atomic E-state index is 12.8. The normalized spacial score (nSPS) is 11.7. The maximum atomic E-state index is 12.8. The van der Waals surface area contributed by atoms with Gasteiger partial charge in [0.2, 0.25) is 0 Å². The number of imidazole rings is 1. The van der Waals surface area contributed by atoms with Crippen molar-refractivity contribution in [2.75, 3.05) is 22.5 Å². The molecular weight excluding hydrogens is 456 g/mol. The average Bonchev–Trinajstić information content (AvgIpc) is 3.33. The number of aromatic amines is 2. The largest absolute Gasteiger partial charge is 0.387 e. The number of carbonyl (C=O) groups is 1. The van der Waals surface area contributed by atoms with Gasteiger partial charge in [-0.15, -0.1) is 0 Å². The Labute approximate surface area is 206 Å². The predicted molar refractivity (Wildman–Crippen MR) is 141 cm³/mol. The van der Waals surface area contributed by atoms with Crippen molar-refractivity contribution in [3.63, 3.8) is 0 Å². The number of pyridine rings is 1. The molecule has 0 fully saturated rings. The first-order valence-corrected chi connectivity index (χ1v) is 11.4. The second-order valence-electron chi connectivity index (χ2n) is 8.13. The van der Waals surface area contributed by atoms with Crippen LogP contribution < -0.4 is 21.5 Å². The Balaban J connectivity index is 1.41. The van der Waals surface area contributed by atoms with Crippen LogP contribution in [-0.2, 0) is 0 Å². The molecule has 0 aliphatic carbocycles. The predicted octanol–water partition coefficient (Wildman–Crippen LogP) is 4.71. The van der Waals surface area contributed by atoms with Crippen molar-refractivity contribution < 1.29 is 9.90 Å². The third-order valence-electron chi connectivity index (χ3n) is 5.67. The third-order valence-corrected chi connectivity index (χ3v) is 5.67. The highest BCUT2D eigenvalue weighted by molar-refractivity contribution is 6.05. The lowest BCUT2D eigenvalue weighted by Crippen LogP contribution is -2.19. The number of hydrogen-bond acceptors (Lipinski definition) is 5. The summed E-state index contributed by atoms with van der Waals surface area (Å²) in [6.07, 6.45) is 0.778. The van der Waals surface area contributed by atoms with Crippen molar-refractivity contribution >= 4 is 34.1 Å². The molecule has 0 aliphatic heterocycles. The fraction of sp³-hybridized carbons (Fsp3) is 0.0741. The molecule has 2 heterocycles. The molecular formula is C27H24N6O3. The number of H-pyrrole nitrogens is 2. The highest BCUT2D eigenvalue weighted by Gasteiger charge is 2.17. The molecule has 36 heavy (non-hydrogen) atoms. The van der Waals surface area contributed by atoms with Crippen LogP contribution in [0.5, 0.6) is 0 Å². The van der Waals surface area contributed by atoms with E-state index in [2.05, 4.69) is 30.9 Å². The Kier molecular flexibility index (Phi) is 6.46. The Morgan fingerprint density at radius 3 is 2.42 bits per heavy atom. The Morgan fingerprint density at radius 2 is 1.64 bits per heavy atom. The highest BCUT2D eigenvalue weighted by Crippen LogP contribution is 2.28. The number of amides is 2. The number of aliphatic hydroxyl groups excluding tert-OH is 1. The summed E-state index contributed by atoms with van der Waals surface area (Å²) >= 11 is 0. The van der Waals surface area contributed by atoms with Crippen molar-refractivity contribution in [2.24, 2.45) is 0 Å². The van der Waals surface area contributed by atoms with Gasteiger partial charge in [0.1, 0.15) is 11.4 Å². The van der Waals surface area contributed by atoms with E-state index < -0.39 is 12.1 Å². The number of rotatable bonds is 7. The van der Waals surface area contributed by atoms with Crippen molar-refractivity contribution in [1.29, 1.82) is 0 Å². The zero-order chi connectivity index (χ0) is 24.9. The Hall–Kier alpha value is -4.89. The molecule has 0 spiro atoms. The summed E-state index contributed by atoms with van der Waals surface area (Å²) in [4.78, 5) is 35.8. The quantitative estimate of drug-likeness (QED) is 0.201. The molecule has 0 aliphatic rings. The number of para-hydroxylation sites is 2. The number of fused-ring (bicyclic) bond motifs is 1. The minimum Gasteiger partial charge on any atom is -0.387 e. The van der Waals surface area contributed by atoms with E-state index in [1.807, 2.05) is 48.5 Å². The minimum atomic E-state index is -0.757. The molecule has 0 saturated carbocycles. The molecule has 1 atom stereocenters. The first kappa shape index (κ1) is 22.9. The van der Waals surface area contributed by atoms with Gasteiger partial charge in [0.15, 0.2) is 0 Å². The van der Waals surface area contributed by atoms with Crippen LogP contribution >= 0.6 is 0 Å². The fourth-order valence-corrected chi connectivity index (χ4v) is 3.92. The molecule has 3 aromatic carbocycles. The van der Waals surface area contributed by atoms with Crippen molar-refractivity contribution in [3.05, 3.63) is 107 Å². The molecule has 5 rings (SSSR count). The highest BCUT2D eigenvalue weighted by atomic mass is 16.3. The number of hydrogen-bond donors (Lipinski definition) is 6. The van der Waals surface area contributed by atoms with Gasteiger partial charge in [-0.3, -0.25) is 4.79 Å². The summed E-state index contributed by atoms with van der Waals surface area (Å²) in [6.45, 7) is 0.202. The van der Waals surface area contributed by atoms with Crippen LogP contribution in [-0.4, -0.2) is 32.6 Å². The lowest BCUT2D eigenvalue weighted by Gasteiger charge is -2.14. The van der Waals surface area contributed by atoms with Gasteiger partial charge < -0.3 is 31.0 Å². The maximum Gasteiger partial charge on any atom is 0.323 e. The van der Waals surface area contributed by atoms with E-state index >= 15 is 0 Å². The summed E-state index contributed by atoms with van der Waals surface area (Å²) in [7, 11) is 0. The number of nitrogens with one attached hydrogen (secondary N) is 5. The van der Waals surface area contributed by atoms with E-state index in [1.54, 1.807) is 36.4 Å². The van der Waals surface area contributed by atoms with Gasteiger partial charge in [0, 0.05) is 18.4 Å². The average molecular weight is 481 g/mol. The minimum absolute atomic E-state index is 0.202. The molecule has 9 heteroatoms. The number of aromatic nitrogens is 3. The lowest BCUT2D eigenvalue weighted by atomic mass is 10.1. The molecule has 0 bridgehead atoms.